The van der Waals surface area contributed by atoms with Crippen LogP contribution in [0.3, 0.4) is 0 Å². The fourth-order valence-corrected chi connectivity index (χ4v) is 1.64. The molecular formula is C12H10ClN3OS. The van der Waals surface area contributed by atoms with E-state index in [2.05, 4.69) is 10.3 Å². The molecule has 1 aromatic carbocycles. The number of ether oxygens (including phenoxy) is 1. The topological polar surface area (TPSA) is 60.2 Å². The molecular weight excluding hydrogens is 270 g/mol. The lowest BCUT2D eigenvalue weighted by atomic mass is 10.3. The molecule has 6 heteroatoms. The molecule has 92 valence electrons. The van der Waals surface area contributed by atoms with Gasteiger partial charge in [-0.05, 0) is 42.5 Å². The standard InChI is InChI=1S/C12H10ClN3OS/c13-8-3-4-11(10(6-8)16-12(14)18)17-9-2-1-5-15-7-9/h1-7H,(H3,14,16,18). The molecule has 1 heterocycles. The summed E-state index contributed by atoms with van der Waals surface area (Å²) in [5.41, 5.74) is 6.06. The van der Waals surface area contributed by atoms with E-state index in [1.165, 1.54) is 0 Å². The highest BCUT2D eigenvalue weighted by Gasteiger charge is 2.06. The quantitative estimate of drug-likeness (QED) is 0.845. The molecule has 2 aromatic rings. The second kappa shape index (κ2) is 5.66. The van der Waals surface area contributed by atoms with Gasteiger partial charge in [0.2, 0.25) is 0 Å². The first-order valence-electron chi connectivity index (χ1n) is 5.09. The van der Waals surface area contributed by atoms with Gasteiger partial charge in [-0.1, -0.05) is 11.6 Å². The molecule has 1 aromatic heterocycles. The summed E-state index contributed by atoms with van der Waals surface area (Å²) in [6.45, 7) is 0. The number of pyridine rings is 1. The molecule has 0 atom stereocenters. The molecule has 0 amide bonds. The molecule has 0 unspecified atom stereocenters. The van der Waals surface area contributed by atoms with Gasteiger partial charge in [0.15, 0.2) is 10.9 Å². The van der Waals surface area contributed by atoms with E-state index in [-0.39, 0.29) is 5.11 Å². The molecule has 3 N–H and O–H groups in total. The first-order valence-corrected chi connectivity index (χ1v) is 5.87. The maximum Gasteiger partial charge on any atom is 0.168 e. The summed E-state index contributed by atoms with van der Waals surface area (Å²) < 4.78 is 5.67. The van der Waals surface area contributed by atoms with Gasteiger partial charge in [-0.25, -0.2) is 0 Å². The van der Waals surface area contributed by atoms with Crippen LogP contribution in [0.4, 0.5) is 5.69 Å². The van der Waals surface area contributed by atoms with Gasteiger partial charge in [0.05, 0.1) is 11.9 Å². The zero-order valence-corrected chi connectivity index (χ0v) is 10.8. The summed E-state index contributed by atoms with van der Waals surface area (Å²) in [7, 11) is 0. The molecule has 0 aliphatic heterocycles. The number of anilines is 1. The van der Waals surface area contributed by atoms with Crippen LogP contribution in [-0.4, -0.2) is 10.1 Å². The van der Waals surface area contributed by atoms with Gasteiger partial charge in [-0.15, -0.1) is 0 Å². The van der Waals surface area contributed by atoms with Crippen molar-refractivity contribution >= 4 is 34.6 Å². The number of aromatic nitrogens is 1. The minimum absolute atomic E-state index is 0.147. The van der Waals surface area contributed by atoms with Gasteiger partial charge in [-0.3, -0.25) is 4.98 Å². The normalized spacial score (nSPS) is 9.83. The Bertz CT molecular complexity index is 563. The predicted molar refractivity (Wildman–Crippen MR) is 76.2 cm³/mol. The first kappa shape index (κ1) is 12.6. The van der Waals surface area contributed by atoms with Crippen molar-refractivity contribution in [1.82, 2.24) is 4.98 Å². The van der Waals surface area contributed by atoms with Crippen molar-refractivity contribution in [2.75, 3.05) is 5.32 Å². The fraction of sp³-hybridized carbons (Fsp3) is 0. The summed E-state index contributed by atoms with van der Waals surface area (Å²) in [4.78, 5) is 3.97. The maximum atomic E-state index is 5.91. The molecule has 18 heavy (non-hydrogen) atoms. The van der Waals surface area contributed by atoms with Crippen molar-refractivity contribution in [2.24, 2.45) is 5.73 Å². The Balaban J connectivity index is 2.29. The Morgan fingerprint density at radius 3 is 2.89 bits per heavy atom. The predicted octanol–water partition coefficient (Wildman–Crippen LogP) is 3.18. The van der Waals surface area contributed by atoms with Crippen LogP contribution in [0, 0.1) is 0 Å². The van der Waals surface area contributed by atoms with Gasteiger partial charge in [0.1, 0.15) is 5.75 Å². The maximum absolute atomic E-state index is 5.91. The minimum Gasteiger partial charge on any atom is -0.454 e. The Kier molecular flexibility index (Phi) is 3.96. The largest absolute Gasteiger partial charge is 0.454 e. The lowest BCUT2D eigenvalue weighted by Gasteiger charge is -2.12. The minimum atomic E-state index is 0.147. The van der Waals surface area contributed by atoms with Crippen LogP contribution in [-0.2, 0) is 0 Å². The van der Waals surface area contributed by atoms with Gasteiger partial charge < -0.3 is 15.8 Å². The molecule has 0 fully saturated rings. The molecule has 0 aliphatic carbocycles. The molecule has 2 rings (SSSR count). The third-order valence-electron chi connectivity index (χ3n) is 2.06. The Hall–Kier alpha value is -1.85. The second-order valence-electron chi connectivity index (χ2n) is 3.42. The molecule has 4 nitrogen and oxygen atoms in total. The van der Waals surface area contributed by atoms with Crippen molar-refractivity contribution < 1.29 is 4.74 Å². The highest BCUT2D eigenvalue weighted by atomic mass is 35.5. The van der Waals surface area contributed by atoms with E-state index >= 15 is 0 Å². The highest BCUT2D eigenvalue weighted by molar-refractivity contribution is 7.80. The SMILES string of the molecule is NC(=S)Nc1cc(Cl)ccc1Oc1cccnc1. The summed E-state index contributed by atoms with van der Waals surface area (Å²) in [6, 6.07) is 8.72. The lowest BCUT2D eigenvalue weighted by molar-refractivity contribution is 0.482. The number of halogens is 1. The van der Waals surface area contributed by atoms with E-state index in [0.717, 1.165) is 0 Å². The molecule has 0 saturated carbocycles. The number of rotatable bonds is 3. The van der Waals surface area contributed by atoms with Crippen molar-refractivity contribution in [3.05, 3.63) is 47.7 Å². The van der Waals surface area contributed by atoms with Crippen molar-refractivity contribution in [3.63, 3.8) is 0 Å². The van der Waals surface area contributed by atoms with Crippen LogP contribution in [0.25, 0.3) is 0 Å². The smallest absolute Gasteiger partial charge is 0.168 e. The van der Waals surface area contributed by atoms with Crippen molar-refractivity contribution in [1.29, 1.82) is 0 Å². The Morgan fingerprint density at radius 2 is 2.22 bits per heavy atom. The molecule has 0 saturated heterocycles. The number of thiocarbonyl (C=S) groups is 1. The summed E-state index contributed by atoms with van der Waals surface area (Å²) in [6.07, 6.45) is 3.28. The van der Waals surface area contributed by atoms with Crippen LogP contribution in [0.15, 0.2) is 42.7 Å². The molecule has 0 radical (unpaired) electrons. The van der Waals surface area contributed by atoms with E-state index in [0.29, 0.717) is 22.2 Å². The van der Waals surface area contributed by atoms with E-state index in [9.17, 15) is 0 Å². The van der Waals surface area contributed by atoms with E-state index < -0.39 is 0 Å². The van der Waals surface area contributed by atoms with Gasteiger partial charge in [-0.2, -0.15) is 0 Å². The fourth-order valence-electron chi connectivity index (χ4n) is 1.36. The van der Waals surface area contributed by atoms with Crippen LogP contribution in [0.2, 0.25) is 5.02 Å². The van der Waals surface area contributed by atoms with Crippen LogP contribution >= 0.6 is 23.8 Å². The number of nitrogens with zero attached hydrogens (tertiary/aromatic N) is 1. The van der Waals surface area contributed by atoms with Crippen molar-refractivity contribution in [3.8, 4) is 11.5 Å². The number of hydrogen-bond acceptors (Lipinski definition) is 3. The lowest BCUT2D eigenvalue weighted by Crippen LogP contribution is -2.19. The zero-order valence-electron chi connectivity index (χ0n) is 9.26. The number of hydrogen-bond donors (Lipinski definition) is 2. The van der Waals surface area contributed by atoms with Gasteiger partial charge in [0, 0.05) is 11.2 Å². The van der Waals surface area contributed by atoms with Gasteiger partial charge >= 0.3 is 0 Å². The molecule has 0 spiro atoms. The summed E-state index contributed by atoms with van der Waals surface area (Å²) in [5, 5.41) is 3.52. The molecule has 0 aliphatic rings. The third kappa shape index (κ3) is 3.32. The summed E-state index contributed by atoms with van der Waals surface area (Å²) in [5.74, 6) is 1.19. The number of benzene rings is 1. The Labute approximate surface area is 115 Å². The van der Waals surface area contributed by atoms with E-state index in [1.54, 1.807) is 42.7 Å². The molecule has 0 bridgehead atoms. The second-order valence-corrected chi connectivity index (χ2v) is 4.30. The zero-order chi connectivity index (χ0) is 13.0. The highest BCUT2D eigenvalue weighted by Crippen LogP contribution is 2.31. The first-order chi connectivity index (χ1) is 8.65. The monoisotopic (exact) mass is 279 g/mol. The number of nitrogens with one attached hydrogen (secondary N) is 1. The van der Waals surface area contributed by atoms with Gasteiger partial charge in [0.25, 0.3) is 0 Å². The van der Waals surface area contributed by atoms with Crippen LogP contribution in [0.1, 0.15) is 0 Å². The van der Waals surface area contributed by atoms with E-state index in [1.807, 2.05) is 0 Å². The van der Waals surface area contributed by atoms with Crippen molar-refractivity contribution in [2.45, 2.75) is 0 Å². The van der Waals surface area contributed by atoms with Crippen LogP contribution < -0.4 is 15.8 Å². The third-order valence-corrected chi connectivity index (χ3v) is 2.40. The summed E-state index contributed by atoms with van der Waals surface area (Å²) >= 11 is 10.7. The van der Waals surface area contributed by atoms with E-state index in [4.69, 9.17) is 34.3 Å². The Morgan fingerprint density at radius 1 is 1.39 bits per heavy atom. The van der Waals surface area contributed by atoms with Crippen LogP contribution in [0.5, 0.6) is 11.5 Å². The number of nitrogens with two attached hydrogens (primary N) is 1. The average Bonchev–Trinajstić information content (AvgIpc) is 2.33. The average molecular weight is 280 g/mol.